The van der Waals surface area contributed by atoms with Crippen molar-refractivity contribution in [3.63, 3.8) is 0 Å². The van der Waals surface area contributed by atoms with Gasteiger partial charge in [-0.05, 0) is 13.3 Å². The quantitative estimate of drug-likeness (QED) is 0.843. The van der Waals surface area contributed by atoms with E-state index in [0.717, 1.165) is 0 Å². The number of nitrogens with zero attached hydrogens (tertiary/aromatic N) is 2. The maximum atomic E-state index is 12.1. The Morgan fingerprint density at radius 1 is 1.55 bits per heavy atom. The van der Waals surface area contributed by atoms with Gasteiger partial charge in [0, 0.05) is 18.9 Å². The van der Waals surface area contributed by atoms with E-state index < -0.39 is 25.7 Å². The number of aryl methyl sites for hydroxylation is 1. The predicted octanol–water partition coefficient (Wildman–Crippen LogP) is 1.51. The molecule has 20 heavy (non-hydrogen) atoms. The third kappa shape index (κ3) is 2.66. The van der Waals surface area contributed by atoms with Gasteiger partial charge in [0.2, 0.25) is 5.91 Å². The van der Waals surface area contributed by atoms with Crippen molar-refractivity contribution in [1.82, 2.24) is 14.5 Å². The lowest BCUT2D eigenvalue weighted by molar-refractivity contribution is -0.120. The first-order chi connectivity index (χ1) is 8.98. The molecule has 6 nitrogen and oxygen atoms in total. The van der Waals surface area contributed by atoms with Crippen molar-refractivity contribution in [1.29, 1.82) is 0 Å². The molecule has 1 aromatic rings. The maximum Gasteiger partial charge on any atom is 0.267 e. The summed E-state index contributed by atoms with van der Waals surface area (Å²) in [6.07, 6.45) is 1.62. The van der Waals surface area contributed by atoms with Gasteiger partial charge in [0.1, 0.15) is 9.23 Å². The molecule has 1 N–H and O–H groups in total. The highest BCUT2D eigenvalue weighted by Crippen LogP contribution is 2.65. The second kappa shape index (κ2) is 4.61. The Hall–Kier alpha value is -0.790. The van der Waals surface area contributed by atoms with Gasteiger partial charge in [0.15, 0.2) is 0 Å². The number of hydrogen-bond donors (Lipinski definition) is 1. The molecule has 0 aromatic carbocycles. The standard InChI is InChI=1S/C11H15Cl2N3O3S/c1-7-8(5-14-16(7)3)20(18,19)15-9(17)4-10(2)6-11(10,12)13/h5H,4,6H2,1-3H3,(H,15,17). The highest BCUT2D eigenvalue weighted by atomic mass is 35.5. The molecule has 1 atom stereocenters. The van der Waals surface area contributed by atoms with E-state index in [4.69, 9.17) is 23.2 Å². The van der Waals surface area contributed by atoms with Crippen LogP contribution < -0.4 is 4.72 Å². The summed E-state index contributed by atoms with van der Waals surface area (Å²) in [5, 5.41) is 3.84. The molecule has 0 bridgehead atoms. The molecular weight excluding hydrogens is 325 g/mol. The Balaban J connectivity index is 2.10. The second-order valence-corrected chi connectivity index (χ2v) is 8.50. The smallest absolute Gasteiger partial charge is 0.267 e. The largest absolute Gasteiger partial charge is 0.274 e. The van der Waals surface area contributed by atoms with Crippen molar-refractivity contribution >= 4 is 39.1 Å². The molecule has 1 unspecified atom stereocenters. The maximum absolute atomic E-state index is 12.1. The predicted molar refractivity (Wildman–Crippen MR) is 75.1 cm³/mol. The first-order valence-electron chi connectivity index (χ1n) is 5.91. The number of rotatable bonds is 4. The van der Waals surface area contributed by atoms with Gasteiger partial charge in [-0.2, -0.15) is 5.10 Å². The Bertz CT molecular complexity index is 668. The fourth-order valence-electron chi connectivity index (χ4n) is 1.98. The minimum absolute atomic E-state index is 0.0164. The molecule has 0 radical (unpaired) electrons. The molecule has 0 aliphatic heterocycles. The number of carbonyl (C=O) groups is 1. The number of halogens is 2. The van der Waals surface area contributed by atoms with E-state index in [2.05, 4.69) is 5.10 Å². The van der Waals surface area contributed by atoms with Crippen LogP contribution >= 0.6 is 23.2 Å². The fourth-order valence-corrected chi connectivity index (χ4v) is 3.89. The molecule has 2 rings (SSSR count). The van der Waals surface area contributed by atoms with Crippen LogP contribution in [0.2, 0.25) is 0 Å². The van der Waals surface area contributed by atoms with Gasteiger partial charge < -0.3 is 0 Å². The van der Waals surface area contributed by atoms with Crippen molar-refractivity contribution in [3.8, 4) is 0 Å². The van der Waals surface area contributed by atoms with Gasteiger partial charge in [-0.3, -0.25) is 9.48 Å². The van der Waals surface area contributed by atoms with E-state index in [-0.39, 0.29) is 11.3 Å². The van der Waals surface area contributed by atoms with Crippen LogP contribution in [-0.4, -0.2) is 28.4 Å². The number of aromatic nitrogens is 2. The molecule has 1 fully saturated rings. The van der Waals surface area contributed by atoms with Crippen molar-refractivity contribution in [2.75, 3.05) is 0 Å². The zero-order valence-electron chi connectivity index (χ0n) is 11.3. The van der Waals surface area contributed by atoms with Crippen LogP contribution in [0, 0.1) is 12.3 Å². The highest BCUT2D eigenvalue weighted by molar-refractivity contribution is 7.90. The SMILES string of the molecule is Cc1c(S(=O)(=O)NC(=O)CC2(C)CC2(Cl)Cl)cnn1C. The molecular formula is C11H15Cl2N3O3S. The summed E-state index contributed by atoms with van der Waals surface area (Å²) in [5.74, 6) is -0.626. The van der Waals surface area contributed by atoms with Crippen molar-refractivity contribution in [3.05, 3.63) is 11.9 Å². The number of amides is 1. The molecule has 1 aliphatic carbocycles. The number of hydrogen-bond acceptors (Lipinski definition) is 4. The molecule has 112 valence electrons. The lowest BCUT2D eigenvalue weighted by atomic mass is 10.1. The van der Waals surface area contributed by atoms with Crippen molar-refractivity contribution in [2.24, 2.45) is 12.5 Å². The fraction of sp³-hybridized carbons (Fsp3) is 0.636. The van der Waals surface area contributed by atoms with Gasteiger partial charge in [-0.1, -0.05) is 6.92 Å². The molecule has 1 amide bonds. The van der Waals surface area contributed by atoms with Gasteiger partial charge in [-0.15, -0.1) is 23.2 Å². The van der Waals surface area contributed by atoms with Gasteiger partial charge in [-0.25, -0.2) is 13.1 Å². The zero-order chi connectivity index (χ0) is 15.3. The molecule has 0 spiro atoms. The van der Waals surface area contributed by atoms with E-state index in [1.165, 1.54) is 10.9 Å². The van der Waals surface area contributed by atoms with Gasteiger partial charge >= 0.3 is 0 Å². The lowest BCUT2D eigenvalue weighted by Gasteiger charge is -2.12. The molecule has 9 heteroatoms. The molecule has 1 aromatic heterocycles. The highest BCUT2D eigenvalue weighted by Gasteiger charge is 2.63. The van der Waals surface area contributed by atoms with E-state index >= 15 is 0 Å². The molecule has 1 saturated carbocycles. The number of sulfonamides is 1. The molecule has 1 heterocycles. The summed E-state index contributed by atoms with van der Waals surface area (Å²) >= 11 is 11.9. The minimum Gasteiger partial charge on any atom is -0.274 e. The summed E-state index contributed by atoms with van der Waals surface area (Å²) in [6.45, 7) is 3.35. The van der Waals surface area contributed by atoms with Crippen LogP contribution in [0.3, 0.4) is 0 Å². The van der Waals surface area contributed by atoms with E-state index in [9.17, 15) is 13.2 Å². The monoisotopic (exact) mass is 339 g/mol. The van der Waals surface area contributed by atoms with E-state index in [1.54, 1.807) is 20.9 Å². The van der Waals surface area contributed by atoms with Crippen LogP contribution in [0.5, 0.6) is 0 Å². The normalized spacial score (nSPS) is 24.4. The number of alkyl halides is 2. The Morgan fingerprint density at radius 2 is 2.10 bits per heavy atom. The van der Waals surface area contributed by atoms with Crippen LogP contribution in [-0.2, 0) is 21.9 Å². The third-order valence-electron chi connectivity index (χ3n) is 3.65. The number of nitrogens with one attached hydrogen (secondary N) is 1. The van der Waals surface area contributed by atoms with Crippen LogP contribution in [0.4, 0.5) is 0 Å². The van der Waals surface area contributed by atoms with Crippen molar-refractivity contribution < 1.29 is 13.2 Å². The van der Waals surface area contributed by atoms with Crippen molar-refractivity contribution in [2.45, 2.75) is 35.9 Å². The Kier molecular flexibility index (Phi) is 3.59. The van der Waals surface area contributed by atoms with Crippen LogP contribution in [0.15, 0.2) is 11.1 Å². The summed E-state index contributed by atoms with van der Waals surface area (Å²) in [4.78, 5) is 11.8. The summed E-state index contributed by atoms with van der Waals surface area (Å²) in [6, 6.07) is 0. The minimum atomic E-state index is -3.92. The average Bonchev–Trinajstić information content (AvgIpc) is 2.57. The van der Waals surface area contributed by atoms with Gasteiger partial charge in [0.25, 0.3) is 10.0 Å². The zero-order valence-corrected chi connectivity index (χ0v) is 13.6. The third-order valence-corrected chi connectivity index (χ3v) is 6.30. The topological polar surface area (TPSA) is 81.1 Å². The Labute approximate surface area is 127 Å². The molecule has 1 aliphatic rings. The summed E-state index contributed by atoms with van der Waals surface area (Å²) in [7, 11) is -2.30. The van der Waals surface area contributed by atoms with Crippen LogP contribution in [0.1, 0.15) is 25.5 Å². The number of carbonyl (C=O) groups excluding carboxylic acids is 1. The Morgan fingerprint density at radius 3 is 2.50 bits per heavy atom. The lowest BCUT2D eigenvalue weighted by Crippen LogP contribution is -2.32. The average molecular weight is 340 g/mol. The van der Waals surface area contributed by atoms with Gasteiger partial charge in [0.05, 0.1) is 11.9 Å². The second-order valence-electron chi connectivity index (χ2n) is 5.37. The summed E-state index contributed by atoms with van der Waals surface area (Å²) in [5.41, 5.74) is -0.133. The molecule has 0 saturated heterocycles. The first-order valence-corrected chi connectivity index (χ1v) is 8.14. The van der Waals surface area contributed by atoms with E-state index in [1.807, 2.05) is 4.72 Å². The first kappa shape index (κ1) is 15.6. The van der Waals surface area contributed by atoms with E-state index in [0.29, 0.717) is 12.1 Å². The van der Waals surface area contributed by atoms with Crippen LogP contribution in [0.25, 0.3) is 0 Å². The summed E-state index contributed by atoms with van der Waals surface area (Å²) < 4.78 is 26.7.